The molecule has 5 nitrogen and oxygen atoms in total. The monoisotopic (exact) mass is 453 g/mol. The SMILES string of the molecule is Cc1cccc(Oc2c(CN(CC(O)c3ccccc3)C3CC3)c(C)nn2-c2ccccc2)c1. The molecule has 1 fully saturated rings. The normalized spacial score (nSPS) is 14.4. The molecule has 5 rings (SSSR count). The van der Waals surface area contributed by atoms with E-state index in [0.717, 1.165) is 52.5 Å². The quantitative estimate of drug-likeness (QED) is 0.339. The van der Waals surface area contributed by atoms with E-state index in [2.05, 4.69) is 17.9 Å². The van der Waals surface area contributed by atoms with Gasteiger partial charge in [-0.2, -0.15) is 5.10 Å². The highest BCUT2D eigenvalue weighted by atomic mass is 16.5. The fourth-order valence-corrected chi connectivity index (χ4v) is 4.35. The number of aryl methyl sites for hydroxylation is 2. The molecule has 1 atom stereocenters. The van der Waals surface area contributed by atoms with Gasteiger partial charge in [-0.25, -0.2) is 4.68 Å². The molecule has 5 heteroatoms. The Morgan fingerprint density at radius 3 is 2.35 bits per heavy atom. The van der Waals surface area contributed by atoms with E-state index in [1.54, 1.807) is 0 Å². The van der Waals surface area contributed by atoms with Crippen molar-refractivity contribution >= 4 is 0 Å². The lowest BCUT2D eigenvalue weighted by molar-refractivity contribution is 0.104. The van der Waals surface area contributed by atoms with E-state index < -0.39 is 6.10 Å². The van der Waals surface area contributed by atoms with Gasteiger partial charge in [0.1, 0.15) is 5.75 Å². The first kappa shape index (κ1) is 22.4. The van der Waals surface area contributed by atoms with E-state index >= 15 is 0 Å². The highest BCUT2D eigenvalue weighted by molar-refractivity contribution is 5.44. The minimum atomic E-state index is -0.535. The molecule has 1 unspecified atom stereocenters. The number of aliphatic hydroxyl groups is 1. The van der Waals surface area contributed by atoms with Gasteiger partial charge in [-0.05, 0) is 62.1 Å². The molecule has 3 aromatic carbocycles. The highest BCUT2D eigenvalue weighted by Crippen LogP contribution is 2.36. The third kappa shape index (κ3) is 5.06. The molecule has 34 heavy (non-hydrogen) atoms. The van der Waals surface area contributed by atoms with Crippen molar-refractivity contribution < 1.29 is 9.84 Å². The topological polar surface area (TPSA) is 50.5 Å². The third-order valence-corrected chi connectivity index (χ3v) is 6.36. The molecule has 0 amide bonds. The summed E-state index contributed by atoms with van der Waals surface area (Å²) in [7, 11) is 0. The highest BCUT2D eigenvalue weighted by Gasteiger charge is 2.33. The van der Waals surface area contributed by atoms with Crippen LogP contribution in [0.2, 0.25) is 0 Å². The molecule has 1 saturated carbocycles. The van der Waals surface area contributed by atoms with Gasteiger partial charge in [0.15, 0.2) is 0 Å². The van der Waals surface area contributed by atoms with Crippen LogP contribution in [0.4, 0.5) is 0 Å². The molecule has 1 heterocycles. The molecule has 0 saturated heterocycles. The maximum atomic E-state index is 10.9. The zero-order chi connectivity index (χ0) is 23.5. The second-order valence-electron chi connectivity index (χ2n) is 9.12. The van der Waals surface area contributed by atoms with Gasteiger partial charge >= 0.3 is 0 Å². The van der Waals surface area contributed by atoms with Crippen LogP contribution in [-0.4, -0.2) is 32.4 Å². The Morgan fingerprint density at radius 1 is 0.971 bits per heavy atom. The molecule has 4 aromatic rings. The third-order valence-electron chi connectivity index (χ3n) is 6.36. The molecular formula is C29H31N3O2. The number of rotatable bonds is 9. The number of benzene rings is 3. The predicted molar refractivity (Wildman–Crippen MR) is 134 cm³/mol. The Balaban J connectivity index is 1.48. The second kappa shape index (κ2) is 9.84. The average Bonchev–Trinajstić information content (AvgIpc) is 3.66. The van der Waals surface area contributed by atoms with E-state index in [-0.39, 0.29) is 0 Å². The van der Waals surface area contributed by atoms with E-state index in [4.69, 9.17) is 9.84 Å². The van der Waals surface area contributed by atoms with Crippen LogP contribution in [0.15, 0.2) is 84.9 Å². The molecule has 174 valence electrons. The van der Waals surface area contributed by atoms with Crippen LogP contribution in [0.5, 0.6) is 11.6 Å². The summed E-state index contributed by atoms with van der Waals surface area (Å²) >= 11 is 0. The average molecular weight is 454 g/mol. The Labute approximate surface area is 201 Å². The summed E-state index contributed by atoms with van der Waals surface area (Å²) in [6, 6.07) is 28.6. The summed E-state index contributed by atoms with van der Waals surface area (Å²) < 4.78 is 8.39. The maximum absolute atomic E-state index is 10.9. The minimum absolute atomic E-state index is 0.477. The van der Waals surface area contributed by atoms with E-state index in [9.17, 15) is 5.11 Å². The van der Waals surface area contributed by atoms with Gasteiger partial charge in [0.05, 0.1) is 23.0 Å². The molecule has 0 radical (unpaired) electrons. The van der Waals surface area contributed by atoms with Crippen LogP contribution in [-0.2, 0) is 6.54 Å². The number of ether oxygens (including phenoxy) is 1. The summed E-state index contributed by atoms with van der Waals surface area (Å²) in [6.07, 6.45) is 1.77. The van der Waals surface area contributed by atoms with E-state index in [1.165, 1.54) is 0 Å². The summed E-state index contributed by atoms with van der Waals surface area (Å²) in [5.41, 5.74) is 5.04. The standard InChI is InChI=1S/C29H31N3O2/c1-21-10-9-15-26(18-21)34-29-27(22(2)30-32(29)25-13-7-4-8-14-25)19-31(24-16-17-24)20-28(33)23-11-5-3-6-12-23/h3-15,18,24,28,33H,16-17,19-20H2,1-2H3. The van der Waals surface area contributed by atoms with Gasteiger partial charge < -0.3 is 9.84 Å². The van der Waals surface area contributed by atoms with Crippen molar-refractivity contribution in [3.05, 3.63) is 107 Å². The number of hydrogen-bond acceptors (Lipinski definition) is 4. The van der Waals surface area contributed by atoms with Gasteiger partial charge in [-0.15, -0.1) is 0 Å². The zero-order valence-electron chi connectivity index (χ0n) is 19.8. The van der Waals surface area contributed by atoms with Gasteiger partial charge in [0.25, 0.3) is 0 Å². The Bertz CT molecular complexity index is 1230. The molecule has 0 spiro atoms. The molecule has 0 aliphatic heterocycles. The van der Waals surface area contributed by atoms with Gasteiger partial charge in [-0.1, -0.05) is 60.7 Å². The summed E-state index contributed by atoms with van der Waals surface area (Å²) in [4.78, 5) is 2.38. The summed E-state index contributed by atoms with van der Waals surface area (Å²) in [5.74, 6) is 1.52. The number of para-hydroxylation sites is 1. The summed E-state index contributed by atoms with van der Waals surface area (Å²) in [5, 5.41) is 15.8. The number of hydrogen-bond donors (Lipinski definition) is 1. The van der Waals surface area contributed by atoms with Gasteiger partial charge in [0, 0.05) is 19.1 Å². The first-order chi connectivity index (χ1) is 16.6. The largest absolute Gasteiger partial charge is 0.439 e. The van der Waals surface area contributed by atoms with E-state index in [1.807, 2.05) is 90.5 Å². The van der Waals surface area contributed by atoms with Gasteiger partial charge in [-0.3, -0.25) is 4.90 Å². The van der Waals surface area contributed by atoms with Crippen LogP contribution in [0.1, 0.15) is 41.3 Å². The fourth-order valence-electron chi connectivity index (χ4n) is 4.35. The zero-order valence-corrected chi connectivity index (χ0v) is 19.8. The van der Waals surface area contributed by atoms with Crippen LogP contribution in [0, 0.1) is 13.8 Å². The maximum Gasteiger partial charge on any atom is 0.227 e. The van der Waals surface area contributed by atoms with Crippen LogP contribution < -0.4 is 4.74 Å². The predicted octanol–water partition coefficient (Wildman–Crippen LogP) is 5.98. The summed E-state index contributed by atoms with van der Waals surface area (Å²) in [6.45, 7) is 5.35. The molecule has 1 N–H and O–H groups in total. The molecule has 1 aliphatic rings. The fraction of sp³-hybridized carbons (Fsp3) is 0.276. The second-order valence-corrected chi connectivity index (χ2v) is 9.12. The first-order valence-corrected chi connectivity index (χ1v) is 11.9. The van der Waals surface area contributed by atoms with Crippen LogP contribution in [0.25, 0.3) is 5.69 Å². The van der Waals surface area contributed by atoms with Crippen LogP contribution in [0.3, 0.4) is 0 Å². The number of nitrogens with zero attached hydrogens (tertiary/aromatic N) is 3. The van der Waals surface area contributed by atoms with Crippen molar-refractivity contribution in [2.45, 2.75) is 45.4 Å². The lowest BCUT2D eigenvalue weighted by atomic mass is 10.1. The Hall–Kier alpha value is -3.41. The molecule has 1 aliphatic carbocycles. The van der Waals surface area contributed by atoms with Crippen molar-refractivity contribution in [3.63, 3.8) is 0 Å². The van der Waals surface area contributed by atoms with Crippen molar-refractivity contribution in [2.24, 2.45) is 0 Å². The number of aromatic nitrogens is 2. The molecule has 0 bridgehead atoms. The molecular weight excluding hydrogens is 422 g/mol. The lowest BCUT2D eigenvalue weighted by Crippen LogP contribution is -2.30. The Kier molecular flexibility index (Phi) is 6.48. The Morgan fingerprint density at radius 2 is 1.68 bits per heavy atom. The van der Waals surface area contributed by atoms with Gasteiger partial charge in [0.2, 0.25) is 5.88 Å². The van der Waals surface area contributed by atoms with Crippen molar-refractivity contribution in [1.29, 1.82) is 0 Å². The number of aliphatic hydroxyl groups excluding tert-OH is 1. The van der Waals surface area contributed by atoms with Crippen molar-refractivity contribution in [3.8, 4) is 17.3 Å². The van der Waals surface area contributed by atoms with Crippen molar-refractivity contribution in [1.82, 2.24) is 14.7 Å². The van der Waals surface area contributed by atoms with Crippen LogP contribution >= 0.6 is 0 Å². The first-order valence-electron chi connectivity index (χ1n) is 11.9. The minimum Gasteiger partial charge on any atom is -0.439 e. The van der Waals surface area contributed by atoms with Crippen molar-refractivity contribution in [2.75, 3.05) is 6.54 Å². The molecule has 1 aromatic heterocycles. The smallest absolute Gasteiger partial charge is 0.227 e. The lowest BCUT2D eigenvalue weighted by Gasteiger charge is -2.25. The van der Waals surface area contributed by atoms with E-state index in [0.29, 0.717) is 19.1 Å².